The van der Waals surface area contributed by atoms with Gasteiger partial charge < -0.3 is 15.2 Å². The minimum Gasteiger partial charge on any atom is -0.496 e. The number of pyridine rings is 1. The van der Waals surface area contributed by atoms with Crippen LogP contribution >= 0.6 is 0 Å². The number of aliphatic hydroxyl groups is 1. The fourth-order valence-corrected chi connectivity index (χ4v) is 3.85. The Morgan fingerprint density at radius 1 is 1.30 bits per heavy atom. The van der Waals surface area contributed by atoms with E-state index in [2.05, 4.69) is 15.4 Å². The molecule has 2 aromatic heterocycles. The number of benzene rings is 1. The van der Waals surface area contributed by atoms with Crippen molar-refractivity contribution >= 4 is 16.8 Å². The Kier molecular flexibility index (Phi) is 4.77. The van der Waals surface area contributed by atoms with Gasteiger partial charge in [-0.1, -0.05) is 6.07 Å². The number of hydrogen-bond donors (Lipinski definition) is 2. The second kappa shape index (κ2) is 7.36. The normalized spacial score (nSPS) is 22.1. The molecule has 1 aliphatic carbocycles. The van der Waals surface area contributed by atoms with Crippen molar-refractivity contribution in [2.24, 2.45) is 5.92 Å². The summed E-state index contributed by atoms with van der Waals surface area (Å²) < 4.78 is 7.24. The second-order valence-electron chi connectivity index (χ2n) is 6.93. The number of fused-ring (bicyclic) bond motifs is 1. The highest BCUT2D eigenvalue weighted by atomic mass is 16.5. The lowest BCUT2D eigenvalue weighted by Crippen LogP contribution is -2.40. The number of aliphatic hydroxyl groups excluding tert-OH is 1. The third-order valence-corrected chi connectivity index (χ3v) is 5.13. The standard InChI is InChI=1S/C20H22N4O3/c1-27-17-6-5-14-4-2-7-21-19(14)18(17)20(26)23-15-10-13(11-16(15)25)12-24-9-3-8-22-24/h2-9,13,15-16,25H,10-12H2,1H3,(H,23,26)/t13?,15-,16-/m1/s1. The van der Waals surface area contributed by atoms with E-state index >= 15 is 0 Å². The molecule has 1 amide bonds. The van der Waals surface area contributed by atoms with Crippen molar-refractivity contribution in [3.05, 3.63) is 54.5 Å². The number of aromatic nitrogens is 3. The van der Waals surface area contributed by atoms with E-state index in [1.165, 1.54) is 7.11 Å². The third kappa shape index (κ3) is 3.50. The Bertz CT molecular complexity index is 942. The Balaban J connectivity index is 1.53. The van der Waals surface area contributed by atoms with Gasteiger partial charge in [0.15, 0.2) is 0 Å². The van der Waals surface area contributed by atoms with E-state index in [-0.39, 0.29) is 17.9 Å². The van der Waals surface area contributed by atoms with Crippen molar-refractivity contribution < 1.29 is 14.6 Å². The number of carbonyl (C=O) groups excluding carboxylic acids is 1. The number of amides is 1. The molecule has 7 nitrogen and oxygen atoms in total. The summed E-state index contributed by atoms with van der Waals surface area (Å²) in [6.45, 7) is 0.732. The summed E-state index contributed by atoms with van der Waals surface area (Å²) in [6.07, 6.45) is 6.06. The quantitative estimate of drug-likeness (QED) is 0.721. The lowest BCUT2D eigenvalue weighted by molar-refractivity contribution is 0.0871. The second-order valence-corrected chi connectivity index (χ2v) is 6.93. The molecule has 0 bridgehead atoms. The van der Waals surface area contributed by atoms with Gasteiger partial charge in [0.25, 0.3) is 5.91 Å². The zero-order valence-electron chi connectivity index (χ0n) is 15.1. The first-order valence-electron chi connectivity index (χ1n) is 9.04. The molecule has 3 aromatic rings. The molecule has 0 radical (unpaired) electrons. The summed E-state index contributed by atoms with van der Waals surface area (Å²) in [6, 6.07) is 8.96. The van der Waals surface area contributed by atoms with Gasteiger partial charge in [0.2, 0.25) is 0 Å². The molecule has 2 N–H and O–H groups in total. The summed E-state index contributed by atoms with van der Waals surface area (Å²) >= 11 is 0. The SMILES string of the molecule is COc1ccc2cccnc2c1C(=O)N[C@@H]1CC(Cn2cccn2)C[C@H]1O. The van der Waals surface area contributed by atoms with Crippen LogP contribution in [0.2, 0.25) is 0 Å². The van der Waals surface area contributed by atoms with Crippen LogP contribution in [0.5, 0.6) is 5.75 Å². The molecular weight excluding hydrogens is 344 g/mol. The first kappa shape index (κ1) is 17.5. The van der Waals surface area contributed by atoms with Crippen molar-refractivity contribution in [1.29, 1.82) is 0 Å². The van der Waals surface area contributed by atoms with Crippen LogP contribution < -0.4 is 10.1 Å². The lowest BCUT2D eigenvalue weighted by Gasteiger charge is -2.18. The summed E-state index contributed by atoms with van der Waals surface area (Å²) in [5, 5.41) is 18.5. The fourth-order valence-electron chi connectivity index (χ4n) is 3.85. The molecule has 27 heavy (non-hydrogen) atoms. The Labute approximate surface area is 157 Å². The summed E-state index contributed by atoms with van der Waals surface area (Å²) in [5.41, 5.74) is 0.994. The van der Waals surface area contributed by atoms with Crippen LogP contribution in [0, 0.1) is 5.92 Å². The first-order chi connectivity index (χ1) is 13.2. The molecule has 140 valence electrons. The maximum atomic E-state index is 13.0. The highest BCUT2D eigenvalue weighted by molar-refractivity contribution is 6.08. The molecule has 1 aromatic carbocycles. The number of ether oxygens (including phenoxy) is 1. The van der Waals surface area contributed by atoms with Crippen LogP contribution in [-0.4, -0.2) is 45.0 Å². The largest absolute Gasteiger partial charge is 0.496 e. The number of carbonyl (C=O) groups is 1. The molecule has 7 heteroatoms. The molecule has 2 heterocycles. The Morgan fingerprint density at radius 2 is 2.19 bits per heavy atom. The summed E-state index contributed by atoms with van der Waals surface area (Å²) in [4.78, 5) is 17.4. The van der Waals surface area contributed by atoms with E-state index in [0.29, 0.717) is 29.7 Å². The Hall–Kier alpha value is -2.93. The van der Waals surface area contributed by atoms with Gasteiger partial charge in [-0.3, -0.25) is 14.5 Å². The highest BCUT2D eigenvalue weighted by Gasteiger charge is 2.35. The number of hydrogen-bond acceptors (Lipinski definition) is 5. The average molecular weight is 366 g/mol. The van der Waals surface area contributed by atoms with Gasteiger partial charge in [-0.25, -0.2) is 0 Å². The van der Waals surface area contributed by atoms with Crippen molar-refractivity contribution in [2.45, 2.75) is 31.5 Å². The lowest BCUT2D eigenvalue weighted by atomic mass is 10.1. The van der Waals surface area contributed by atoms with Gasteiger partial charge in [0, 0.05) is 30.5 Å². The van der Waals surface area contributed by atoms with Crippen LogP contribution in [0.1, 0.15) is 23.2 Å². The van der Waals surface area contributed by atoms with E-state index < -0.39 is 6.10 Å². The van der Waals surface area contributed by atoms with Crippen LogP contribution in [0.3, 0.4) is 0 Å². The van der Waals surface area contributed by atoms with Gasteiger partial charge >= 0.3 is 0 Å². The van der Waals surface area contributed by atoms with Gasteiger partial charge in [-0.2, -0.15) is 5.10 Å². The van der Waals surface area contributed by atoms with Crippen molar-refractivity contribution in [1.82, 2.24) is 20.1 Å². The van der Waals surface area contributed by atoms with Gasteiger partial charge in [-0.05, 0) is 43.0 Å². The maximum absolute atomic E-state index is 13.0. The van der Waals surface area contributed by atoms with Crippen LogP contribution in [0.4, 0.5) is 0 Å². The predicted molar refractivity (Wildman–Crippen MR) is 101 cm³/mol. The fraction of sp³-hybridized carbons (Fsp3) is 0.350. The molecular formula is C20H22N4O3. The van der Waals surface area contributed by atoms with E-state index in [9.17, 15) is 9.90 Å². The number of nitrogens with zero attached hydrogens (tertiary/aromatic N) is 3. The maximum Gasteiger partial charge on any atom is 0.257 e. The average Bonchev–Trinajstić information content (AvgIpc) is 3.30. The van der Waals surface area contributed by atoms with E-state index in [1.54, 1.807) is 18.5 Å². The zero-order chi connectivity index (χ0) is 18.8. The first-order valence-corrected chi connectivity index (χ1v) is 9.04. The molecule has 4 rings (SSSR count). The van der Waals surface area contributed by atoms with E-state index in [0.717, 1.165) is 11.9 Å². The molecule has 0 aliphatic heterocycles. The topological polar surface area (TPSA) is 89.3 Å². The van der Waals surface area contributed by atoms with Crippen LogP contribution in [-0.2, 0) is 6.54 Å². The van der Waals surface area contributed by atoms with E-state index in [1.807, 2.05) is 35.1 Å². The monoisotopic (exact) mass is 366 g/mol. The molecule has 1 aliphatic rings. The third-order valence-electron chi connectivity index (χ3n) is 5.13. The smallest absolute Gasteiger partial charge is 0.257 e. The minimum absolute atomic E-state index is 0.262. The molecule has 1 unspecified atom stereocenters. The van der Waals surface area contributed by atoms with Crippen molar-refractivity contribution in [3.63, 3.8) is 0 Å². The predicted octanol–water partition coefficient (Wildman–Crippen LogP) is 2.01. The summed E-state index contributed by atoms with van der Waals surface area (Å²) in [5.74, 6) is 0.456. The van der Waals surface area contributed by atoms with Crippen molar-refractivity contribution in [2.75, 3.05) is 7.11 Å². The molecule has 1 saturated carbocycles. The number of nitrogens with one attached hydrogen (secondary N) is 1. The zero-order valence-corrected chi connectivity index (χ0v) is 15.1. The minimum atomic E-state index is -0.580. The van der Waals surface area contributed by atoms with Crippen LogP contribution in [0.25, 0.3) is 10.9 Å². The van der Waals surface area contributed by atoms with Crippen molar-refractivity contribution in [3.8, 4) is 5.75 Å². The highest BCUT2D eigenvalue weighted by Crippen LogP contribution is 2.30. The van der Waals surface area contributed by atoms with Gasteiger partial charge in [-0.15, -0.1) is 0 Å². The molecule has 0 spiro atoms. The summed E-state index contributed by atoms with van der Waals surface area (Å²) in [7, 11) is 1.53. The molecule has 3 atom stereocenters. The van der Waals surface area contributed by atoms with E-state index in [4.69, 9.17) is 4.74 Å². The molecule has 0 saturated heterocycles. The molecule has 1 fully saturated rings. The van der Waals surface area contributed by atoms with Crippen LogP contribution in [0.15, 0.2) is 48.9 Å². The Morgan fingerprint density at radius 3 is 2.96 bits per heavy atom. The van der Waals surface area contributed by atoms with Gasteiger partial charge in [0.1, 0.15) is 11.3 Å². The number of methoxy groups -OCH3 is 1. The van der Waals surface area contributed by atoms with Gasteiger partial charge in [0.05, 0.1) is 24.8 Å². The number of rotatable bonds is 5.